The molecule has 1 saturated heterocycles. The summed E-state index contributed by atoms with van der Waals surface area (Å²) < 4.78 is 22.9. The maximum atomic E-state index is 12.3. The summed E-state index contributed by atoms with van der Waals surface area (Å²) in [5.41, 5.74) is -0.440. The molecule has 7 heteroatoms. The van der Waals surface area contributed by atoms with E-state index in [2.05, 4.69) is 0 Å². The van der Waals surface area contributed by atoms with Crippen molar-refractivity contribution >= 4 is 21.7 Å². The molecule has 0 saturated carbocycles. The number of hydrogen-bond donors (Lipinski definition) is 0. The zero-order valence-corrected chi connectivity index (χ0v) is 13.7. The van der Waals surface area contributed by atoms with Crippen LogP contribution in [-0.4, -0.2) is 66.7 Å². The molecule has 1 aliphatic heterocycles. The van der Waals surface area contributed by atoms with Crippen molar-refractivity contribution in [2.24, 2.45) is 0 Å². The minimum atomic E-state index is -3.07. The van der Waals surface area contributed by atoms with Crippen LogP contribution in [0.2, 0.25) is 0 Å². The second-order valence-electron chi connectivity index (χ2n) is 6.19. The predicted octanol–water partition coefficient (Wildman–Crippen LogP) is 0.279. The Morgan fingerprint density at radius 2 is 1.75 bits per heavy atom. The van der Waals surface area contributed by atoms with Crippen molar-refractivity contribution in [2.45, 2.75) is 45.7 Å². The van der Waals surface area contributed by atoms with Crippen LogP contribution >= 0.6 is 0 Å². The minimum Gasteiger partial charge on any atom is -0.333 e. The Bertz CT molecular complexity index is 493. The van der Waals surface area contributed by atoms with E-state index in [1.54, 1.807) is 0 Å². The van der Waals surface area contributed by atoms with Crippen molar-refractivity contribution in [3.05, 3.63) is 0 Å². The molecule has 1 fully saturated rings. The van der Waals surface area contributed by atoms with E-state index < -0.39 is 33.2 Å². The Morgan fingerprint density at radius 1 is 1.20 bits per heavy atom. The largest absolute Gasteiger partial charge is 0.333 e. The van der Waals surface area contributed by atoms with Crippen LogP contribution in [-0.2, 0) is 19.4 Å². The average Bonchev–Trinajstić information content (AvgIpc) is 2.66. The highest BCUT2D eigenvalue weighted by atomic mass is 32.2. The molecule has 1 unspecified atom stereocenters. The zero-order valence-electron chi connectivity index (χ0n) is 12.8. The molecule has 1 atom stereocenters. The molecule has 0 bridgehead atoms. The summed E-state index contributed by atoms with van der Waals surface area (Å²) in [5, 5.41) is 0. The predicted molar refractivity (Wildman–Crippen MR) is 77.0 cm³/mol. The van der Waals surface area contributed by atoms with Gasteiger partial charge in [0.25, 0.3) is 0 Å². The van der Waals surface area contributed by atoms with Crippen LogP contribution in [0.3, 0.4) is 0 Å². The first kappa shape index (κ1) is 16.9. The van der Waals surface area contributed by atoms with Crippen molar-refractivity contribution in [1.82, 2.24) is 9.80 Å². The Balaban J connectivity index is 2.82. The topological polar surface area (TPSA) is 74.8 Å². The van der Waals surface area contributed by atoms with Gasteiger partial charge in [-0.15, -0.1) is 0 Å². The zero-order chi connectivity index (χ0) is 15.7. The highest BCUT2D eigenvalue weighted by molar-refractivity contribution is 7.91. The van der Waals surface area contributed by atoms with Crippen LogP contribution in [0.4, 0.5) is 0 Å². The van der Waals surface area contributed by atoms with Gasteiger partial charge in [-0.2, -0.15) is 0 Å². The summed E-state index contributed by atoms with van der Waals surface area (Å²) in [6.45, 7) is 7.84. The van der Waals surface area contributed by atoms with Gasteiger partial charge in [-0.05, 0) is 34.1 Å². The van der Waals surface area contributed by atoms with Gasteiger partial charge in [-0.3, -0.25) is 9.59 Å². The van der Waals surface area contributed by atoms with Gasteiger partial charge in [0, 0.05) is 25.2 Å². The lowest BCUT2D eigenvalue weighted by atomic mass is 10.1. The number of rotatable bonds is 2. The molecule has 116 valence electrons. The van der Waals surface area contributed by atoms with Crippen molar-refractivity contribution in [1.29, 1.82) is 0 Å². The van der Waals surface area contributed by atoms with Crippen LogP contribution < -0.4 is 0 Å². The number of sulfone groups is 1. The molecule has 0 aromatic rings. The number of amides is 2. The molecule has 0 N–H and O–H groups in total. The monoisotopic (exact) mass is 304 g/mol. The van der Waals surface area contributed by atoms with Crippen LogP contribution in [0.5, 0.6) is 0 Å². The maximum Gasteiger partial charge on any atom is 0.312 e. The molecule has 0 radical (unpaired) electrons. The fraction of sp³-hybridized carbons (Fsp3) is 0.846. The van der Waals surface area contributed by atoms with Crippen LogP contribution in [0, 0.1) is 0 Å². The molecule has 1 heterocycles. The molecule has 0 aromatic carbocycles. The van der Waals surface area contributed by atoms with Gasteiger partial charge in [0.2, 0.25) is 0 Å². The average molecular weight is 304 g/mol. The van der Waals surface area contributed by atoms with Gasteiger partial charge >= 0.3 is 11.8 Å². The number of likely N-dealkylation sites (N-methyl/N-ethyl adjacent to an activating group) is 2. The first-order valence-electron chi connectivity index (χ1n) is 6.78. The summed E-state index contributed by atoms with van der Waals surface area (Å²) in [6.07, 6.45) is 0.402. The maximum absolute atomic E-state index is 12.3. The van der Waals surface area contributed by atoms with Gasteiger partial charge in [-0.1, -0.05) is 0 Å². The molecule has 2 amide bonds. The lowest BCUT2D eigenvalue weighted by Crippen LogP contribution is -2.53. The van der Waals surface area contributed by atoms with E-state index in [1.165, 1.54) is 16.8 Å². The van der Waals surface area contributed by atoms with Crippen LogP contribution in [0.25, 0.3) is 0 Å². The van der Waals surface area contributed by atoms with E-state index in [0.29, 0.717) is 13.0 Å². The standard InChI is InChI=1S/C13H24N2O4S/c1-6-15(13(2,3)4)12(17)11(16)14(5)10-7-8-20(18,19)9-10/h10H,6-9H2,1-5H3. The number of nitrogens with zero attached hydrogens (tertiary/aromatic N) is 2. The highest BCUT2D eigenvalue weighted by Gasteiger charge is 2.37. The third-order valence-electron chi connectivity index (χ3n) is 3.63. The SMILES string of the molecule is CCN(C(=O)C(=O)N(C)C1CCS(=O)(=O)C1)C(C)(C)C. The van der Waals surface area contributed by atoms with Crippen LogP contribution in [0.15, 0.2) is 0 Å². The number of carbonyl (C=O) groups excluding carboxylic acids is 2. The van der Waals surface area contributed by atoms with Crippen molar-refractivity contribution in [2.75, 3.05) is 25.1 Å². The first-order chi connectivity index (χ1) is 8.99. The third-order valence-corrected chi connectivity index (χ3v) is 5.38. The molecule has 0 aliphatic carbocycles. The summed E-state index contributed by atoms with van der Waals surface area (Å²) in [5.74, 6) is -1.18. The van der Waals surface area contributed by atoms with Gasteiger partial charge in [0.15, 0.2) is 9.84 Å². The van der Waals surface area contributed by atoms with Gasteiger partial charge in [-0.25, -0.2) is 8.42 Å². The highest BCUT2D eigenvalue weighted by Crippen LogP contribution is 2.19. The normalized spacial score (nSPS) is 21.6. The Kier molecular flexibility index (Phi) is 4.84. The molecule has 20 heavy (non-hydrogen) atoms. The second kappa shape index (κ2) is 5.71. The summed E-state index contributed by atoms with van der Waals surface area (Å²) in [4.78, 5) is 27.3. The van der Waals surface area contributed by atoms with E-state index >= 15 is 0 Å². The number of hydrogen-bond acceptors (Lipinski definition) is 4. The lowest BCUT2D eigenvalue weighted by Gasteiger charge is -2.35. The van der Waals surface area contributed by atoms with Crippen molar-refractivity contribution in [3.8, 4) is 0 Å². The van der Waals surface area contributed by atoms with E-state index in [-0.39, 0.29) is 11.5 Å². The van der Waals surface area contributed by atoms with Crippen molar-refractivity contribution < 1.29 is 18.0 Å². The minimum absolute atomic E-state index is 0.0514. The molecular formula is C13H24N2O4S. The Hall–Kier alpha value is -1.11. The van der Waals surface area contributed by atoms with E-state index in [4.69, 9.17) is 0 Å². The second-order valence-corrected chi connectivity index (χ2v) is 8.42. The molecule has 0 aromatic heterocycles. The molecule has 0 spiro atoms. The smallest absolute Gasteiger partial charge is 0.312 e. The lowest BCUT2D eigenvalue weighted by molar-refractivity contribution is -0.154. The Labute approximate surface area is 121 Å². The quantitative estimate of drug-likeness (QED) is 0.687. The summed E-state index contributed by atoms with van der Waals surface area (Å²) >= 11 is 0. The van der Waals surface area contributed by atoms with Gasteiger partial charge in [0.05, 0.1) is 11.5 Å². The molecule has 6 nitrogen and oxygen atoms in total. The Morgan fingerprint density at radius 3 is 2.10 bits per heavy atom. The summed E-state index contributed by atoms with van der Waals surface area (Å²) in [7, 11) is -1.57. The first-order valence-corrected chi connectivity index (χ1v) is 8.61. The fourth-order valence-electron chi connectivity index (χ4n) is 2.44. The van der Waals surface area contributed by atoms with E-state index in [0.717, 1.165) is 0 Å². The molecular weight excluding hydrogens is 280 g/mol. The molecule has 1 aliphatic rings. The van der Waals surface area contributed by atoms with Gasteiger partial charge < -0.3 is 9.80 Å². The van der Waals surface area contributed by atoms with E-state index in [1.807, 2.05) is 27.7 Å². The van der Waals surface area contributed by atoms with Gasteiger partial charge in [0.1, 0.15) is 0 Å². The van der Waals surface area contributed by atoms with E-state index in [9.17, 15) is 18.0 Å². The third kappa shape index (κ3) is 3.71. The molecule has 1 rings (SSSR count). The van der Waals surface area contributed by atoms with Crippen LogP contribution in [0.1, 0.15) is 34.1 Å². The fourth-order valence-corrected chi connectivity index (χ4v) is 4.21. The number of carbonyl (C=O) groups is 2. The summed E-state index contributed by atoms with van der Waals surface area (Å²) in [6, 6.07) is -0.393. The van der Waals surface area contributed by atoms with Crippen molar-refractivity contribution in [3.63, 3.8) is 0 Å².